The van der Waals surface area contributed by atoms with Gasteiger partial charge in [-0.15, -0.1) is 0 Å². The molecule has 1 heterocycles. The van der Waals surface area contributed by atoms with E-state index in [-0.39, 0.29) is 0 Å². The van der Waals surface area contributed by atoms with Gasteiger partial charge in [0.15, 0.2) is 5.82 Å². The number of carbonyl (C=O) groups is 1. The van der Waals surface area contributed by atoms with Crippen molar-refractivity contribution >= 4 is 5.91 Å². The summed E-state index contributed by atoms with van der Waals surface area (Å²) in [6, 6.07) is 5.31. The van der Waals surface area contributed by atoms with Gasteiger partial charge in [0.2, 0.25) is 0 Å². The van der Waals surface area contributed by atoms with Crippen LogP contribution < -0.4 is 11.3 Å². The number of rotatable bonds is 3. The second-order valence-electron chi connectivity index (χ2n) is 4.21. The maximum absolute atomic E-state index is 13.8. The standard InChI is InChI=1S/C13H12F2N4O/c1-8-6-17-11(18-7-8)9-3-2-4-10(5-9)13(14,15)12(20)19-16/h2-7H,16H2,1H3,(H,19,20). The van der Waals surface area contributed by atoms with Crippen molar-refractivity contribution in [3.63, 3.8) is 0 Å². The van der Waals surface area contributed by atoms with Gasteiger partial charge in [0.1, 0.15) is 0 Å². The van der Waals surface area contributed by atoms with Gasteiger partial charge in [0, 0.05) is 23.5 Å². The number of hydrazine groups is 1. The van der Waals surface area contributed by atoms with Crippen LogP contribution in [0.4, 0.5) is 8.78 Å². The summed E-state index contributed by atoms with van der Waals surface area (Å²) < 4.78 is 27.6. The monoisotopic (exact) mass is 278 g/mol. The summed E-state index contributed by atoms with van der Waals surface area (Å²) in [5.74, 6) is -0.219. The average Bonchev–Trinajstić information content (AvgIpc) is 2.47. The fraction of sp³-hybridized carbons (Fsp3) is 0.154. The first-order valence-corrected chi connectivity index (χ1v) is 5.73. The molecule has 2 aromatic rings. The number of hydrogen-bond donors (Lipinski definition) is 2. The highest BCUT2D eigenvalue weighted by molar-refractivity contribution is 5.84. The van der Waals surface area contributed by atoms with Gasteiger partial charge in [-0.25, -0.2) is 15.8 Å². The third-order valence-electron chi connectivity index (χ3n) is 2.68. The van der Waals surface area contributed by atoms with Crippen molar-refractivity contribution in [2.45, 2.75) is 12.8 Å². The molecule has 0 fully saturated rings. The molecule has 0 bridgehead atoms. The smallest absolute Gasteiger partial charge is 0.289 e. The van der Waals surface area contributed by atoms with Crippen LogP contribution in [0.2, 0.25) is 0 Å². The van der Waals surface area contributed by atoms with E-state index in [1.807, 2.05) is 6.92 Å². The van der Waals surface area contributed by atoms with Crippen molar-refractivity contribution in [2.24, 2.45) is 5.84 Å². The lowest BCUT2D eigenvalue weighted by Gasteiger charge is -2.15. The Bertz CT molecular complexity index is 629. The van der Waals surface area contributed by atoms with Crippen LogP contribution in [0.1, 0.15) is 11.1 Å². The normalized spacial score (nSPS) is 11.2. The van der Waals surface area contributed by atoms with Gasteiger partial charge in [-0.05, 0) is 18.6 Å². The number of halogens is 2. The summed E-state index contributed by atoms with van der Waals surface area (Å²) >= 11 is 0. The van der Waals surface area contributed by atoms with Gasteiger partial charge < -0.3 is 0 Å². The van der Waals surface area contributed by atoms with E-state index in [0.717, 1.165) is 11.6 Å². The average molecular weight is 278 g/mol. The first-order valence-electron chi connectivity index (χ1n) is 5.73. The zero-order valence-electron chi connectivity index (χ0n) is 10.6. The molecule has 1 aromatic carbocycles. The summed E-state index contributed by atoms with van der Waals surface area (Å²) in [4.78, 5) is 19.2. The number of carbonyl (C=O) groups excluding carboxylic acids is 1. The Labute approximate surface area is 113 Å². The van der Waals surface area contributed by atoms with Crippen LogP contribution >= 0.6 is 0 Å². The molecule has 0 atom stereocenters. The molecule has 20 heavy (non-hydrogen) atoms. The van der Waals surface area contributed by atoms with Crippen LogP contribution in [-0.2, 0) is 10.7 Å². The zero-order chi connectivity index (χ0) is 14.8. The molecule has 7 heteroatoms. The van der Waals surface area contributed by atoms with Crippen molar-refractivity contribution in [3.05, 3.63) is 47.8 Å². The minimum Gasteiger partial charge on any atom is -0.289 e. The summed E-state index contributed by atoms with van der Waals surface area (Å²) in [6.45, 7) is 1.82. The second-order valence-corrected chi connectivity index (χ2v) is 4.21. The molecule has 0 saturated heterocycles. The van der Waals surface area contributed by atoms with E-state index >= 15 is 0 Å². The molecular formula is C13H12F2N4O. The Morgan fingerprint density at radius 3 is 2.55 bits per heavy atom. The lowest BCUT2D eigenvalue weighted by molar-refractivity contribution is -0.147. The minimum atomic E-state index is -3.71. The maximum atomic E-state index is 13.8. The number of nitrogens with one attached hydrogen (secondary N) is 1. The van der Waals surface area contributed by atoms with Gasteiger partial charge in [-0.2, -0.15) is 8.78 Å². The van der Waals surface area contributed by atoms with E-state index in [1.165, 1.54) is 17.6 Å². The molecule has 0 aliphatic heterocycles. The highest BCUT2D eigenvalue weighted by Gasteiger charge is 2.40. The van der Waals surface area contributed by atoms with E-state index < -0.39 is 17.4 Å². The van der Waals surface area contributed by atoms with Crippen molar-refractivity contribution in [1.29, 1.82) is 0 Å². The van der Waals surface area contributed by atoms with E-state index in [2.05, 4.69) is 9.97 Å². The van der Waals surface area contributed by atoms with E-state index in [0.29, 0.717) is 11.4 Å². The molecule has 0 aliphatic rings. The Kier molecular flexibility index (Phi) is 3.71. The van der Waals surface area contributed by atoms with Crippen LogP contribution in [0.3, 0.4) is 0 Å². The fourth-order valence-corrected chi connectivity index (χ4v) is 1.62. The summed E-state index contributed by atoms with van der Waals surface area (Å²) in [5.41, 5.74) is 2.23. The Morgan fingerprint density at radius 2 is 1.95 bits per heavy atom. The number of benzene rings is 1. The zero-order valence-corrected chi connectivity index (χ0v) is 10.6. The van der Waals surface area contributed by atoms with Gasteiger partial charge in [0.05, 0.1) is 0 Å². The van der Waals surface area contributed by atoms with E-state index in [4.69, 9.17) is 5.84 Å². The van der Waals surface area contributed by atoms with Crippen LogP contribution in [0.25, 0.3) is 11.4 Å². The predicted molar refractivity (Wildman–Crippen MR) is 68.4 cm³/mol. The molecule has 0 aliphatic carbocycles. The number of nitrogens with two attached hydrogens (primary N) is 1. The molecule has 1 aromatic heterocycles. The number of nitrogens with zero attached hydrogens (tertiary/aromatic N) is 2. The highest BCUT2D eigenvalue weighted by atomic mass is 19.3. The molecule has 0 radical (unpaired) electrons. The fourth-order valence-electron chi connectivity index (χ4n) is 1.62. The number of alkyl halides is 2. The maximum Gasteiger partial charge on any atom is 0.351 e. The van der Waals surface area contributed by atoms with Gasteiger partial charge in [-0.3, -0.25) is 10.2 Å². The third kappa shape index (κ3) is 2.62. The number of aromatic nitrogens is 2. The minimum absolute atomic E-state index is 0.307. The summed E-state index contributed by atoms with van der Waals surface area (Å²) in [6.07, 6.45) is 3.17. The van der Waals surface area contributed by atoms with Gasteiger partial charge in [0.25, 0.3) is 0 Å². The largest absolute Gasteiger partial charge is 0.351 e. The second kappa shape index (κ2) is 5.30. The van der Waals surface area contributed by atoms with E-state index in [1.54, 1.807) is 18.5 Å². The Balaban J connectivity index is 2.42. The first-order chi connectivity index (χ1) is 9.45. The van der Waals surface area contributed by atoms with Crippen LogP contribution in [-0.4, -0.2) is 15.9 Å². The van der Waals surface area contributed by atoms with Gasteiger partial charge >= 0.3 is 11.8 Å². The quantitative estimate of drug-likeness (QED) is 0.507. The number of amides is 1. The van der Waals surface area contributed by atoms with Crippen molar-refractivity contribution in [3.8, 4) is 11.4 Å². The lowest BCUT2D eigenvalue weighted by Crippen LogP contribution is -2.42. The predicted octanol–water partition coefficient (Wildman–Crippen LogP) is 1.53. The topological polar surface area (TPSA) is 80.9 Å². The van der Waals surface area contributed by atoms with Crippen molar-refractivity contribution < 1.29 is 13.6 Å². The lowest BCUT2D eigenvalue weighted by atomic mass is 10.0. The molecule has 0 spiro atoms. The molecule has 5 nitrogen and oxygen atoms in total. The first kappa shape index (κ1) is 14.0. The molecule has 2 rings (SSSR count). The SMILES string of the molecule is Cc1cnc(-c2cccc(C(F)(F)C(=O)NN)c2)nc1. The Hall–Kier alpha value is -2.41. The molecular weight excluding hydrogens is 266 g/mol. The number of aryl methyl sites for hydroxylation is 1. The number of hydrogen-bond acceptors (Lipinski definition) is 4. The molecule has 1 amide bonds. The van der Waals surface area contributed by atoms with Crippen LogP contribution in [0, 0.1) is 6.92 Å². The summed E-state index contributed by atoms with van der Waals surface area (Å²) in [5, 5.41) is 0. The molecule has 3 N–H and O–H groups in total. The molecule has 104 valence electrons. The van der Waals surface area contributed by atoms with Crippen LogP contribution in [0.5, 0.6) is 0 Å². The van der Waals surface area contributed by atoms with Crippen molar-refractivity contribution in [2.75, 3.05) is 0 Å². The highest BCUT2D eigenvalue weighted by Crippen LogP contribution is 2.30. The van der Waals surface area contributed by atoms with Crippen molar-refractivity contribution in [1.82, 2.24) is 15.4 Å². The molecule has 0 unspecified atom stereocenters. The van der Waals surface area contributed by atoms with Crippen LogP contribution in [0.15, 0.2) is 36.7 Å². The molecule has 0 saturated carbocycles. The Morgan fingerprint density at radius 1 is 1.30 bits per heavy atom. The van der Waals surface area contributed by atoms with Gasteiger partial charge in [-0.1, -0.05) is 18.2 Å². The third-order valence-corrected chi connectivity index (χ3v) is 2.68. The van der Waals surface area contributed by atoms with E-state index in [9.17, 15) is 13.6 Å². The summed E-state index contributed by atoms with van der Waals surface area (Å²) in [7, 11) is 0.